The van der Waals surface area contributed by atoms with Crippen LogP contribution in [0.25, 0.3) is 0 Å². The Hall–Kier alpha value is -1.02. The molecule has 1 aromatic carbocycles. The molecule has 58 valence electrons. The molecule has 0 aliphatic heterocycles. The lowest BCUT2D eigenvalue weighted by Crippen LogP contribution is -1.96. The Bertz CT molecular complexity index is 279. The van der Waals surface area contributed by atoms with Gasteiger partial charge in [-0.3, -0.25) is 0 Å². The lowest BCUT2D eigenvalue weighted by atomic mass is 10.2. The van der Waals surface area contributed by atoms with Crippen LogP contribution < -0.4 is 0 Å². The van der Waals surface area contributed by atoms with Gasteiger partial charge < -0.3 is 5.21 Å². The van der Waals surface area contributed by atoms with E-state index in [2.05, 4.69) is 0 Å². The average Bonchev–Trinajstić information content (AvgIpc) is 1.85. The molecule has 0 unspecified atom stereocenters. The number of hydrogen-bond acceptors (Lipinski definition) is 1. The molecule has 0 radical (unpaired) electrons. The monoisotopic (exact) mass is 169 g/mol. The minimum atomic E-state index is 0.639. The summed E-state index contributed by atoms with van der Waals surface area (Å²) in [5.41, 5.74) is 0.815. The molecule has 0 N–H and O–H groups in total. The Morgan fingerprint density at radius 2 is 2.27 bits per heavy atom. The Labute approximate surface area is 70.3 Å². The summed E-state index contributed by atoms with van der Waals surface area (Å²) in [4.78, 5) is 0. The van der Waals surface area contributed by atoms with Gasteiger partial charge in [-0.1, -0.05) is 17.7 Å². The lowest BCUT2D eigenvalue weighted by Gasteiger charge is -1.95. The van der Waals surface area contributed by atoms with Gasteiger partial charge in [0, 0.05) is 10.6 Å². The second-order valence-electron chi connectivity index (χ2n) is 2.23. The van der Waals surface area contributed by atoms with Crippen molar-refractivity contribution >= 4 is 17.8 Å². The maximum absolute atomic E-state index is 10.5. The largest absolute Gasteiger partial charge is 0.624 e. The number of hydrogen-bond donors (Lipinski definition) is 0. The fraction of sp³-hybridized carbons (Fsp3) is 0.125. The van der Waals surface area contributed by atoms with Crippen LogP contribution in [-0.2, 0) is 0 Å². The predicted molar refractivity (Wildman–Crippen MR) is 46.2 cm³/mol. The normalized spacial score (nSPS) is 11.6. The van der Waals surface area contributed by atoms with Crippen molar-refractivity contribution < 1.29 is 4.74 Å². The van der Waals surface area contributed by atoms with Crippen molar-refractivity contribution in [3.8, 4) is 0 Å². The third kappa shape index (κ3) is 2.60. The number of hydroxylamine groups is 1. The first-order chi connectivity index (χ1) is 5.18. The van der Waals surface area contributed by atoms with E-state index in [9.17, 15) is 5.21 Å². The summed E-state index contributed by atoms with van der Waals surface area (Å²) >= 11 is 5.69. The molecule has 2 nitrogen and oxygen atoms in total. The Kier molecular flexibility index (Phi) is 2.49. The molecule has 0 atom stereocenters. The van der Waals surface area contributed by atoms with Crippen LogP contribution >= 0.6 is 11.6 Å². The van der Waals surface area contributed by atoms with Crippen LogP contribution in [0.5, 0.6) is 0 Å². The molecule has 0 aromatic heterocycles. The van der Waals surface area contributed by atoms with E-state index in [0.717, 1.165) is 10.3 Å². The summed E-state index contributed by atoms with van der Waals surface area (Å²) in [5, 5.41) is 11.2. The minimum Gasteiger partial charge on any atom is -0.624 e. The van der Waals surface area contributed by atoms with E-state index in [0.29, 0.717) is 5.02 Å². The van der Waals surface area contributed by atoms with Gasteiger partial charge in [0.1, 0.15) is 7.05 Å². The van der Waals surface area contributed by atoms with Crippen LogP contribution in [0.2, 0.25) is 5.02 Å². The molecule has 0 saturated heterocycles. The zero-order valence-corrected chi connectivity index (χ0v) is 6.88. The van der Waals surface area contributed by atoms with Crippen LogP contribution in [-0.4, -0.2) is 18.0 Å². The van der Waals surface area contributed by atoms with E-state index in [1.807, 2.05) is 6.07 Å². The molecule has 11 heavy (non-hydrogen) atoms. The Balaban J connectivity index is 2.97. The first kappa shape index (κ1) is 8.08. The molecule has 0 heterocycles. The van der Waals surface area contributed by atoms with E-state index in [1.165, 1.54) is 13.3 Å². The van der Waals surface area contributed by atoms with Gasteiger partial charge in [-0.2, -0.15) is 0 Å². The minimum absolute atomic E-state index is 0.639. The molecule has 0 bridgehead atoms. The molecule has 0 fully saturated rings. The predicted octanol–water partition coefficient (Wildman–Crippen LogP) is 1.90. The topological polar surface area (TPSA) is 26.1 Å². The number of rotatable bonds is 1. The van der Waals surface area contributed by atoms with Gasteiger partial charge in [0.15, 0.2) is 6.21 Å². The summed E-state index contributed by atoms with van der Waals surface area (Å²) in [7, 11) is 1.43. The summed E-state index contributed by atoms with van der Waals surface area (Å²) < 4.78 is 0.742. The maximum atomic E-state index is 10.5. The van der Waals surface area contributed by atoms with Gasteiger partial charge in [-0.15, -0.1) is 0 Å². The van der Waals surface area contributed by atoms with E-state index in [4.69, 9.17) is 11.6 Å². The molecule has 0 saturated carbocycles. The third-order valence-corrected chi connectivity index (χ3v) is 1.41. The highest BCUT2D eigenvalue weighted by Gasteiger charge is 1.91. The quantitative estimate of drug-likeness (QED) is 0.273. The molecule has 0 aliphatic rings. The van der Waals surface area contributed by atoms with Gasteiger partial charge in [0.25, 0.3) is 0 Å². The van der Waals surface area contributed by atoms with Crippen LogP contribution in [0, 0.1) is 5.21 Å². The smallest absolute Gasteiger partial charge is 0.181 e. The number of nitrogens with zero attached hydrogens (tertiary/aromatic N) is 1. The average molecular weight is 170 g/mol. The summed E-state index contributed by atoms with van der Waals surface area (Å²) in [6.45, 7) is 0. The van der Waals surface area contributed by atoms with Gasteiger partial charge in [0.2, 0.25) is 0 Å². The van der Waals surface area contributed by atoms with E-state index in [-0.39, 0.29) is 0 Å². The third-order valence-electron chi connectivity index (χ3n) is 1.18. The molecule has 1 rings (SSSR count). The lowest BCUT2D eigenvalue weighted by molar-refractivity contribution is -0.416. The highest BCUT2D eigenvalue weighted by molar-refractivity contribution is 6.30. The van der Waals surface area contributed by atoms with Crippen molar-refractivity contribution in [3.63, 3.8) is 0 Å². The summed E-state index contributed by atoms with van der Waals surface area (Å²) in [6, 6.07) is 7.12. The van der Waals surface area contributed by atoms with Crippen molar-refractivity contribution in [2.24, 2.45) is 0 Å². The summed E-state index contributed by atoms with van der Waals surface area (Å²) in [6.07, 6.45) is 1.46. The molecular weight excluding hydrogens is 162 g/mol. The highest BCUT2D eigenvalue weighted by Crippen LogP contribution is 2.08. The second-order valence-corrected chi connectivity index (χ2v) is 2.67. The van der Waals surface area contributed by atoms with Crippen LogP contribution in [0.1, 0.15) is 5.56 Å². The Morgan fingerprint density at radius 1 is 1.55 bits per heavy atom. The van der Waals surface area contributed by atoms with Crippen molar-refractivity contribution in [3.05, 3.63) is 40.1 Å². The van der Waals surface area contributed by atoms with E-state index < -0.39 is 0 Å². The first-order valence-electron chi connectivity index (χ1n) is 3.19. The van der Waals surface area contributed by atoms with Gasteiger partial charge in [-0.25, -0.2) is 4.74 Å². The molecule has 0 amide bonds. The van der Waals surface area contributed by atoms with Crippen LogP contribution in [0.15, 0.2) is 24.3 Å². The van der Waals surface area contributed by atoms with E-state index in [1.54, 1.807) is 18.2 Å². The van der Waals surface area contributed by atoms with Crippen molar-refractivity contribution in [1.82, 2.24) is 0 Å². The van der Waals surface area contributed by atoms with Crippen LogP contribution in [0.4, 0.5) is 0 Å². The van der Waals surface area contributed by atoms with E-state index >= 15 is 0 Å². The zero-order valence-electron chi connectivity index (χ0n) is 6.12. The second kappa shape index (κ2) is 3.39. The number of halogens is 1. The highest BCUT2D eigenvalue weighted by atomic mass is 35.5. The molecule has 3 heteroatoms. The molecule has 0 aliphatic carbocycles. The van der Waals surface area contributed by atoms with Gasteiger partial charge in [0.05, 0.1) is 0 Å². The fourth-order valence-electron chi connectivity index (χ4n) is 0.797. The maximum Gasteiger partial charge on any atom is 0.181 e. The SMILES string of the molecule is C/[N+]([O-])=C/c1cccc(Cl)c1. The van der Waals surface area contributed by atoms with Crippen molar-refractivity contribution in [2.45, 2.75) is 0 Å². The van der Waals surface area contributed by atoms with Gasteiger partial charge in [-0.05, 0) is 18.2 Å². The Morgan fingerprint density at radius 3 is 2.82 bits per heavy atom. The molecule has 0 spiro atoms. The fourth-order valence-corrected chi connectivity index (χ4v) is 0.996. The van der Waals surface area contributed by atoms with Gasteiger partial charge >= 0.3 is 0 Å². The standard InChI is InChI=1S/C8H8ClNO/c1-10(11)6-7-3-2-4-8(9)5-7/h2-6H,1H3/b10-6-. The molecule has 1 aromatic rings. The number of benzene rings is 1. The molecular formula is C8H8ClNO. The van der Waals surface area contributed by atoms with Crippen molar-refractivity contribution in [1.29, 1.82) is 0 Å². The first-order valence-corrected chi connectivity index (χ1v) is 3.56. The van der Waals surface area contributed by atoms with Crippen LogP contribution in [0.3, 0.4) is 0 Å². The summed E-state index contributed by atoms with van der Waals surface area (Å²) in [5.74, 6) is 0. The van der Waals surface area contributed by atoms with Crippen molar-refractivity contribution in [2.75, 3.05) is 7.05 Å². The zero-order chi connectivity index (χ0) is 8.27.